The van der Waals surface area contributed by atoms with Gasteiger partial charge >= 0.3 is 0 Å². The maximum absolute atomic E-state index is 14.6. The molecule has 30 heavy (non-hydrogen) atoms. The predicted octanol–water partition coefficient (Wildman–Crippen LogP) is 6.58. The summed E-state index contributed by atoms with van der Waals surface area (Å²) >= 11 is 7.32. The lowest BCUT2D eigenvalue weighted by atomic mass is 10.1. The molecule has 3 aromatic carbocycles. The number of benzene rings is 3. The molecule has 0 radical (unpaired) electrons. The average Bonchev–Trinajstić information content (AvgIpc) is 3.25. The second kappa shape index (κ2) is 9.32. The molecule has 0 saturated heterocycles. The van der Waals surface area contributed by atoms with E-state index in [0.717, 1.165) is 28.2 Å². The Morgan fingerprint density at radius 3 is 2.47 bits per heavy atom. The standard InChI is InChI=1S/C23H18ClF2N3S/c24-19-5-8-21(9-6-19)30-29(23-13-20(25)7-10-22(23)26)15-18-4-2-1-3-17(18)14-28-12-11-27-16-28/h1-13,16H,14-15H2. The molecule has 4 rings (SSSR count). The number of anilines is 1. The van der Waals surface area contributed by atoms with Crippen molar-refractivity contribution in [2.45, 2.75) is 18.0 Å². The topological polar surface area (TPSA) is 21.1 Å². The van der Waals surface area contributed by atoms with Crippen LogP contribution in [0.3, 0.4) is 0 Å². The first kappa shape index (κ1) is 20.4. The minimum atomic E-state index is -0.486. The average molecular weight is 442 g/mol. The van der Waals surface area contributed by atoms with Crippen LogP contribution in [0.4, 0.5) is 14.5 Å². The number of hydrogen-bond acceptors (Lipinski definition) is 3. The fraction of sp³-hybridized carbons (Fsp3) is 0.0870. The third kappa shape index (κ3) is 5.01. The van der Waals surface area contributed by atoms with E-state index in [1.54, 1.807) is 29.0 Å². The van der Waals surface area contributed by atoms with Crippen LogP contribution in [0.15, 0.2) is 90.3 Å². The van der Waals surface area contributed by atoms with Crippen LogP contribution < -0.4 is 4.31 Å². The molecule has 7 heteroatoms. The van der Waals surface area contributed by atoms with E-state index in [0.29, 0.717) is 18.1 Å². The molecule has 0 fully saturated rings. The Kier molecular flexibility index (Phi) is 6.35. The van der Waals surface area contributed by atoms with E-state index in [1.165, 1.54) is 18.0 Å². The monoisotopic (exact) mass is 441 g/mol. The van der Waals surface area contributed by atoms with Crippen LogP contribution in [0.5, 0.6) is 0 Å². The molecule has 0 saturated carbocycles. The summed E-state index contributed by atoms with van der Waals surface area (Å²) in [6.07, 6.45) is 5.37. The zero-order chi connectivity index (χ0) is 20.9. The van der Waals surface area contributed by atoms with Gasteiger partial charge in [0, 0.05) is 34.9 Å². The van der Waals surface area contributed by atoms with E-state index in [2.05, 4.69) is 4.98 Å². The van der Waals surface area contributed by atoms with Crippen molar-refractivity contribution in [3.05, 3.63) is 113 Å². The normalized spacial score (nSPS) is 10.9. The van der Waals surface area contributed by atoms with Crippen molar-refractivity contribution in [2.75, 3.05) is 4.31 Å². The van der Waals surface area contributed by atoms with Crippen molar-refractivity contribution < 1.29 is 8.78 Å². The van der Waals surface area contributed by atoms with Crippen molar-refractivity contribution in [2.24, 2.45) is 0 Å². The molecule has 0 N–H and O–H groups in total. The Bertz CT molecular complexity index is 1120. The van der Waals surface area contributed by atoms with Gasteiger partial charge in [-0.05, 0) is 59.5 Å². The number of aromatic nitrogens is 2. The van der Waals surface area contributed by atoms with Crippen molar-refractivity contribution in [1.82, 2.24) is 9.55 Å². The predicted molar refractivity (Wildman–Crippen MR) is 118 cm³/mol. The van der Waals surface area contributed by atoms with Gasteiger partial charge in [0.25, 0.3) is 0 Å². The van der Waals surface area contributed by atoms with Crippen LogP contribution in [0.25, 0.3) is 0 Å². The van der Waals surface area contributed by atoms with Gasteiger partial charge in [0.2, 0.25) is 0 Å². The smallest absolute Gasteiger partial charge is 0.147 e. The number of hydrogen-bond donors (Lipinski definition) is 0. The molecule has 1 heterocycles. The summed E-state index contributed by atoms with van der Waals surface area (Å²) in [6, 6.07) is 18.7. The summed E-state index contributed by atoms with van der Waals surface area (Å²) < 4.78 is 32.3. The SMILES string of the molecule is Fc1ccc(F)c(N(Cc2ccccc2Cn2ccnc2)Sc2ccc(Cl)cc2)c1. The molecule has 0 atom stereocenters. The first-order valence-corrected chi connectivity index (χ1v) is 10.4. The highest BCUT2D eigenvalue weighted by molar-refractivity contribution is 8.00. The van der Waals surface area contributed by atoms with Gasteiger partial charge in [-0.3, -0.25) is 0 Å². The molecule has 1 aromatic heterocycles. The Labute approximate surface area is 183 Å². The largest absolute Gasteiger partial charge is 0.333 e. The van der Waals surface area contributed by atoms with Crippen LogP contribution in [0.1, 0.15) is 11.1 Å². The summed E-state index contributed by atoms with van der Waals surface area (Å²) in [5.74, 6) is -0.968. The summed E-state index contributed by atoms with van der Waals surface area (Å²) in [6.45, 7) is 1.03. The maximum Gasteiger partial charge on any atom is 0.147 e. The maximum atomic E-state index is 14.6. The summed E-state index contributed by atoms with van der Waals surface area (Å²) in [7, 11) is 0. The van der Waals surface area contributed by atoms with E-state index in [1.807, 2.05) is 47.2 Å². The molecule has 4 aromatic rings. The Morgan fingerprint density at radius 2 is 1.73 bits per heavy atom. The lowest BCUT2D eigenvalue weighted by molar-refractivity contribution is 0.600. The van der Waals surface area contributed by atoms with Gasteiger partial charge < -0.3 is 8.87 Å². The van der Waals surface area contributed by atoms with Crippen molar-refractivity contribution in [3.63, 3.8) is 0 Å². The zero-order valence-corrected chi connectivity index (χ0v) is 17.5. The molecule has 0 amide bonds. The van der Waals surface area contributed by atoms with E-state index in [4.69, 9.17) is 11.6 Å². The van der Waals surface area contributed by atoms with Gasteiger partial charge in [0.1, 0.15) is 11.6 Å². The number of halogens is 3. The van der Waals surface area contributed by atoms with Crippen LogP contribution in [0, 0.1) is 11.6 Å². The Morgan fingerprint density at radius 1 is 0.967 bits per heavy atom. The lowest BCUT2D eigenvalue weighted by Gasteiger charge is -2.25. The highest BCUT2D eigenvalue weighted by Crippen LogP contribution is 2.34. The molecule has 0 aliphatic heterocycles. The molecule has 3 nitrogen and oxygen atoms in total. The van der Waals surface area contributed by atoms with Gasteiger partial charge in [-0.2, -0.15) is 0 Å². The Hall–Kier alpha value is -2.83. The molecule has 0 aliphatic rings. The van der Waals surface area contributed by atoms with Crippen LogP contribution >= 0.6 is 23.5 Å². The third-order valence-electron chi connectivity index (χ3n) is 4.55. The summed E-state index contributed by atoms with van der Waals surface area (Å²) in [5.41, 5.74) is 2.28. The minimum absolute atomic E-state index is 0.187. The van der Waals surface area contributed by atoms with Crippen LogP contribution in [-0.2, 0) is 13.1 Å². The van der Waals surface area contributed by atoms with Crippen LogP contribution in [0.2, 0.25) is 5.02 Å². The lowest BCUT2D eigenvalue weighted by Crippen LogP contribution is -2.17. The molecule has 0 unspecified atom stereocenters. The van der Waals surface area contributed by atoms with Gasteiger partial charge in [0.05, 0.1) is 18.6 Å². The van der Waals surface area contributed by atoms with Gasteiger partial charge in [-0.25, -0.2) is 13.8 Å². The quantitative estimate of drug-likeness (QED) is 0.302. The third-order valence-corrected chi connectivity index (χ3v) is 5.83. The fourth-order valence-electron chi connectivity index (χ4n) is 3.06. The summed E-state index contributed by atoms with van der Waals surface area (Å²) in [4.78, 5) is 4.96. The van der Waals surface area contributed by atoms with E-state index >= 15 is 0 Å². The zero-order valence-electron chi connectivity index (χ0n) is 15.9. The molecule has 0 spiro atoms. The fourth-order valence-corrected chi connectivity index (χ4v) is 4.14. The first-order valence-electron chi connectivity index (χ1n) is 9.27. The minimum Gasteiger partial charge on any atom is -0.333 e. The molecule has 0 aliphatic carbocycles. The van der Waals surface area contributed by atoms with Gasteiger partial charge in [-0.15, -0.1) is 0 Å². The highest BCUT2D eigenvalue weighted by atomic mass is 35.5. The molecular weight excluding hydrogens is 424 g/mol. The number of nitrogens with zero attached hydrogens (tertiary/aromatic N) is 3. The van der Waals surface area contributed by atoms with Gasteiger partial charge in [-0.1, -0.05) is 35.9 Å². The van der Waals surface area contributed by atoms with Crippen molar-refractivity contribution in [3.8, 4) is 0 Å². The molecular formula is C23H18ClF2N3S. The van der Waals surface area contributed by atoms with E-state index < -0.39 is 11.6 Å². The highest BCUT2D eigenvalue weighted by Gasteiger charge is 2.17. The second-order valence-corrected chi connectivity index (χ2v) is 8.21. The first-order chi connectivity index (χ1) is 14.6. The van der Waals surface area contributed by atoms with Gasteiger partial charge in [0.15, 0.2) is 0 Å². The van der Waals surface area contributed by atoms with Crippen LogP contribution in [-0.4, -0.2) is 9.55 Å². The number of rotatable bonds is 7. The molecule has 152 valence electrons. The van der Waals surface area contributed by atoms with E-state index in [-0.39, 0.29) is 5.69 Å². The number of imidazole rings is 1. The molecule has 0 bridgehead atoms. The van der Waals surface area contributed by atoms with Crippen molar-refractivity contribution >= 4 is 29.2 Å². The van der Waals surface area contributed by atoms with E-state index in [9.17, 15) is 8.78 Å². The summed E-state index contributed by atoms with van der Waals surface area (Å²) in [5, 5.41) is 0.619. The van der Waals surface area contributed by atoms with Crippen molar-refractivity contribution in [1.29, 1.82) is 0 Å². The second-order valence-electron chi connectivity index (χ2n) is 6.68. The Balaban J connectivity index is 1.68.